The summed E-state index contributed by atoms with van der Waals surface area (Å²) in [5, 5.41) is 0. The van der Waals surface area contributed by atoms with E-state index < -0.39 is 11.9 Å². The molecule has 2 rings (SSSR count). The number of hydrogen-bond donors (Lipinski definition) is 0. The van der Waals surface area contributed by atoms with E-state index in [0.29, 0.717) is 48.7 Å². The number of ether oxygens (including phenoxy) is 4. The molecule has 8 heteroatoms. The van der Waals surface area contributed by atoms with Crippen molar-refractivity contribution in [3.05, 3.63) is 70.8 Å². The number of carbonyl (C=O) groups excluding carboxylic acids is 4. The number of esters is 4. The summed E-state index contributed by atoms with van der Waals surface area (Å²) >= 11 is 0. The second-order valence-electron chi connectivity index (χ2n) is 16.4. The summed E-state index contributed by atoms with van der Waals surface area (Å²) in [4.78, 5) is 48.9. The lowest BCUT2D eigenvalue weighted by Crippen LogP contribution is -2.15. The fraction of sp³-hybridized carbons (Fsp3) is 0.680. The van der Waals surface area contributed by atoms with Gasteiger partial charge in [-0.05, 0) is 73.9 Å². The Kier molecular flexibility index (Phi) is 31.8. The van der Waals surface area contributed by atoms with E-state index in [0.717, 1.165) is 76.0 Å². The first-order valence-corrected chi connectivity index (χ1v) is 23.0. The number of benzene rings is 2. The normalized spacial score (nSPS) is 10.9. The Labute approximate surface area is 352 Å². The van der Waals surface area contributed by atoms with Crippen LogP contribution in [0.2, 0.25) is 0 Å². The minimum atomic E-state index is -0.446. The quantitative estimate of drug-likeness (QED) is 0.0409. The SMILES string of the molecule is CC(C)CCCCCCOC(=O)c1ccccc1C(=O)OCCCCCCC(C)C.CCCCCCCCOC(=O)c1ccc(C(=O)OCCCCCCCC)cc1. The van der Waals surface area contributed by atoms with Gasteiger partial charge in [0.2, 0.25) is 0 Å². The molecule has 58 heavy (non-hydrogen) atoms. The van der Waals surface area contributed by atoms with E-state index in [2.05, 4.69) is 41.5 Å². The summed E-state index contributed by atoms with van der Waals surface area (Å²) in [6.07, 6.45) is 25.0. The first-order valence-electron chi connectivity index (χ1n) is 23.0. The Morgan fingerprint density at radius 1 is 0.379 bits per heavy atom. The maximum atomic E-state index is 12.4. The molecule has 2 aromatic rings. The van der Waals surface area contributed by atoms with Crippen molar-refractivity contribution in [3.63, 3.8) is 0 Å². The molecule has 328 valence electrons. The van der Waals surface area contributed by atoms with Crippen LogP contribution < -0.4 is 0 Å². The Morgan fingerprint density at radius 3 is 0.966 bits per heavy atom. The monoisotopic (exact) mass is 809 g/mol. The van der Waals surface area contributed by atoms with Gasteiger partial charge < -0.3 is 18.9 Å². The maximum absolute atomic E-state index is 12.4. The fourth-order valence-corrected chi connectivity index (χ4v) is 6.34. The van der Waals surface area contributed by atoms with Crippen molar-refractivity contribution < 1.29 is 38.1 Å². The topological polar surface area (TPSA) is 105 Å². The molecule has 0 heterocycles. The van der Waals surface area contributed by atoms with Gasteiger partial charge in [0.25, 0.3) is 0 Å². The largest absolute Gasteiger partial charge is 0.462 e. The molecule has 0 unspecified atom stereocenters. The van der Waals surface area contributed by atoms with Crippen molar-refractivity contribution in [1.29, 1.82) is 0 Å². The van der Waals surface area contributed by atoms with Crippen molar-refractivity contribution in [3.8, 4) is 0 Å². The molecule has 0 radical (unpaired) electrons. The number of carbonyl (C=O) groups is 4. The van der Waals surface area contributed by atoms with Crippen molar-refractivity contribution in [1.82, 2.24) is 0 Å². The molecule has 8 nitrogen and oxygen atoms in total. The van der Waals surface area contributed by atoms with Gasteiger partial charge in [0.15, 0.2) is 0 Å². The van der Waals surface area contributed by atoms with Gasteiger partial charge in [-0.2, -0.15) is 0 Å². The third kappa shape index (κ3) is 27.1. The Morgan fingerprint density at radius 2 is 0.655 bits per heavy atom. The molecule has 0 saturated carbocycles. The van der Waals surface area contributed by atoms with Crippen LogP contribution in [0.15, 0.2) is 48.5 Å². The highest BCUT2D eigenvalue weighted by atomic mass is 16.5. The predicted octanol–water partition coefficient (Wildman–Crippen LogP) is 13.9. The number of rotatable bonds is 32. The summed E-state index contributed by atoms with van der Waals surface area (Å²) in [7, 11) is 0. The van der Waals surface area contributed by atoms with Crippen LogP contribution in [0.5, 0.6) is 0 Å². The first-order chi connectivity index (χ1) is 28.1. The van der Waals surface area contributed by atoms with E-state index in [1.807, 2.05) is 0 Å². The molecule has 0 atom stereocenters. The van der Waals surface area contributed by atoms with Crippen molar-refractivity contribution in [2.24, 2.45) is 11.8 Å². The highest BCUT2D eigenvalue weighted by Gasteiger charge is 2.19. The van der Waals surface area contributed by atoms with Gasteiger partial charge in [0, 0.05) is 0 Å². The van der Waals surface area contributed by atoms with Gasteiger partial charge in [-0.3, -0.25) is 0 Å². The first kappa shape index (κ1) is 52.3. The van der Waals surface area contributed by atoms with E-state index in [1.54, 1.807) is 48.5 Å². The zero-order chi connectivity index (χ0) is 42.6. The van der Waals surface area contributed by atoms with Gasteiger partial charge in [0.1, 0.15) is 0 Å². The lowest BCUT2D eigenvalue weighted by atomic mass is 10.0. The van der Waals surface area contributed by atoms with Crippen LogP contribution in [0.4, 0.5) is 0 Å². The Hall–Kier alpha value is -3.68. The van der Waals surface area contributed by atoms with Crippen LogP contribution in [-0.2, 0) is 18.9 Å². The summed E-state index contributed by atoms with van der Waals surface area (Å²) < 4.78 is 21.4. The maximum Gasteiger partial charge on any atom is 0.339 e. The summed E-state index contributed by atoms with van der Waals surface area (Å²) in [6.45, 7) is 15.0. The molecule has 0 bridgehead atoms. The minimum Gasteiger partial charge on any atom is -0.462 e. The molecule has 0 spiro atoms. The van der Waals surface area contributed by atoms with E-state index in [-0.39, 0.29) is 11.9 Å². The van der Waals surface area contributed by atoms with Gasteiger partial charge in [-0.15, -0.1) is 0 Å². The van der Waals surface area contributed by atoms with Crippen molar-refractivity contribution >= 4 is 23.9 Å². The molecule has 0 amide bonds. The second-order valence-corrected chi connectivity index (χ2v) is 16.4. The summed E-state index contributed by atoms with van der Waals surface area (Å²) in [5.41, 5.74) is 1.52. The summed E-state index contributed by atoms with van der Waals surface area (Å²) in [6, 6.07) is 13.3. The van der Waals surface area contributed by atoms with Gasteiger partial charge in [-0.1, -0.05) is 169 Å². The standard InChI is InChI=1S/C26H42O4.C24H38O4/c1-21(2)15-9-5-7-13-19-29-25(27)23-17-11-12-18-24(23)26(28)30-20-14-8-6-10-16-22(3)4;1-3-5-7-9-11-13-19-27-23(25)21-15-17-22(18-16-21)24(26)28-20-14-12-10-8-6-4-2/h11-12,17-18,21-22H,5-10,13-16,19-20H2,1-4H3;15-18H,3-14,19-20H2,1-2H3. The lowest BCUT2D eigenvalue weighted by Gasteiger charge is -2.10. The van der Waals surface area contributed by atoms with Crippen LogP contribution >= 0.6 is 0 Å². The number of hydrogen-bond acceptors (Lipinski definition) is 8. The molecule has 0 aromatic heterocycles. The molecule has 0 aliphatic heterocycles. The van der Waals surface area contributed by atoms with Crippen molar-refractivity contribution in [2.45, 2.75) is 183 Å². The molecular formula is C50H80O8. The van der Waals surface area contributed by atoms with Crippen LogP contribution in [0.25, 0.3) is 0 Å². The second kappa shape index (κ2) is 35.3. The van der Waals surface area contributed by atoms with E-state index in [1.165, 1.54) is 77.0 Å². The summed E-state index contributed by atoms with van der Waals surface area (Å²) in [5.74, 6) is -0.0779. The van der Waals surface area contributed by atoms with Gasteiger partial charge in [0.05, 0.1) is 48.7 Å². The molecule has 2 aromatic carbocycles. The van der Waals surface area contributed by atoms with Crippen LogP contribution in [0.3, 0.4) is 0 Å². The molecule has 0 fully saturated rings. The fourth-order valence-electron chi connectivity index (χ4n) is 6.34. The average molecular weight is 809 g/mol. The minimum absolute atomic E-state index is 0.291. The zero-order valence-electron chi connectivity index (χ0n) is 37.4. The number of unbranched alkanes of at least 4 members (excludes halogenated alkanes) is 16. The third-order valence-electron chi connectivity index (χ3n) is 10.0. The Balaban J connectivity index is 0.000000581. The Bertz CT molecular complexity index is 1250. The van der Waals surface area contributed by atoms with E-state index in [4.69, 9.17) is 18.9 Å². The molecule has 0 aliphatic rings. The van der Waals surface area contributed by atoms with E-state index in [9.17, 15) is 19.2 Å². The lowest BCUT2D eigenvalue weighted by molar-refractivity contribution is 0.0450. The van der Waals surface area contributed by atoms with Gasteiger partial charge >= 0.3 is 23.9 Å². The van der Waals surface area contributed by atoms with Gasteiger partial charge in [-0.25, -0.2) is 19.2 Å². The van der Waals surface area contributed by atoms with Crippen LogP contribution in [-0.4, -0.2) is 50.3 Å². The molecule has 0 N–H and O–H groups in total. The van der Waals surface area contributed by atoms with Crippen molar-refractivity contribution in [2.75, 3.05) is 26.4 Å². The zero-order valence-corrected chi connectivity index (χ0v) is 37.4. The van der Waals surface area contributed by atoms with Crippen LogP contribution in [0.1, 0.15) is 224 Å². The molecular weight excluding hydrogens is 729 g/mol. The average Bonchev–Trinajstić information content (AvgIpc) is 3.22. The molecule has 0 saturated heterocycles. The van der Waals surface area contributed by atoms with Crippen LogP contribution in [0, 0.1) is 11.8 Å². The van der Waals surface area contributed by atoms with E-state index >= 15 is 0 Å². The molecule has 0 aliphatic carbocycles. The third-order valence-corrected chi connectivity index (χ3v) is 10.0. The highest BCUT2D eigenvalue weighted by Crippen LogP contribution is 2.16. The highest BCUT2D eigenvalue weighted by molar-refractivity contribution is 6.03. The predicted molar refractivity (Wildman–Crippen MR) is 237 cm³/mol. The smallest absolute Gasteiger partial charge is 0.339 e.